The second kappa shape index (κ2) is 13.1. The standard InChI is InChI=1S/C35H33F3N6O4S/c1-19(2)26-12-6-20(3)16-28(26)44-29(45)18-49-34(44)40-33(47)39-24-9-7-22(8-10-24)30-21(4)31(42(5)41-30)43-15-14-23-17-25(48-35(36,37)38)11-13-27(23)32(43)46/h6-13,16-17,19H,14-15,18H2,1-5H3,(H,39,47)/b40-34-. The summed E-state index contributed by atoms with van der Waals surface area (Å²) in [5.74, 6) is 0.0642. The summed E-state index contributed by atoms with van der Waals surface area (Å²) >= 11 is 1.21. The van der Waals surface area contributed by atoms with E-state index in [-0.39, 0.29) is 35.8 Å². The fraction of sp³-hybridized carbons (Fsp3) is 0.286. The van der Waals surface area contributed by atoms with Crippen molar-refractivity contribution in [3.63, 3.8) is 0 Å². The number of alkyl halides is 3. The number of aromatic nitrogens is 2. The third kappa shape index (κ3) is 6.91. The van der Waals surface area contributed by atoms with E-state index in [2.05, 4.69) is 20.1 Å². The van der Waals surface area contributed by atoms with Crippen LogP contribution in [0.25, 0.3) is 11.3 Å². The molecule has 254 valence electrons. The van der Waals surface area contributed by atoms with E-state index in [1.165, 1.54) is 28.8 Å². The number of benzene rings is 3. The van der Waals surface area contributed by atoms with E-state index in [0.29, 0.717) is 39.9 Å². The molecule has 4 aromatic rings. The minimum absolute atomic E-state index is 0.140. The summed E-state index contributed by atoms with van der Waals surface area (Å²) in [5, 5.41) is 7.74. The number of rotatable bonds is 6. The molecule has 0 spiro atoms. The number of urea groups is 1. The van der Waals surface area contributed by atoms with Crippen LogP contribution in [0.15, 0.2) is 65.7 Å². The summed E-state index contributed by atoms with van der Waals surface area (Å²) in [6.45, 7) is 8.14. The van der Waals surface area contributed by atoms with Crippen molar-refractivity contribution in [2.75, 3.05) is 27.4 Å². The average Bonchev–Trinajstić information content (AvgIpc) is 3.53. The SMILES string of the molecule is Cc1ccc(C(C)C)c(N2C(=O)CS/C2=N\C(=O)Nc2ccc(-c3nn(C)c(N4CCc5cc(OC(F)(F)F)ccc5C4=O)c3C)cc2)c1. The lowest BCUT2D eigenvalue weighted by atomic mass is 9.98. The molecule has 2 aliphatic heterocycles. The zero-order valence-corrected chi connectivity index (χ0v) is 28.2. The zero-order chi connectivity index (χ0) is 35.2. The minimum Gasteiger partial charge on any atom is -0.406 e. The first-order valence-corrected chi connectivity index (χ1v) is 16.5. The van der Waals surface area contributed by atoms with Crippen molar-refractivity contribution in [3.8, 4) is 17.0 Å². The number of hydrogen-bond acceptors (Lipinski definition) is 6. The molecule has 4 amide bonds. The van der Waals surface area contributed by atoms with E-state index in [0.717, 1.165) is 34.0 Å². The van der Waals surface area contributed by atoms with Crippen molar-refractivity contribution < 1.29 is 32.3 Å². The Hall–Kier alpha value is -5.11. The number of ether oxygens (including phenoxy) is 1. The van der Waals surface area contributed by atoms with Crippen LogP contribution in [0.2, 0.25) is 0 Å². The lowest BCUT2D eigenvalue weighted by Gasteiger charge is -2.29. The van der Waals surface area contributed by atoms with Crippen molar-refractivity contribution in [1.29, 1.82) is 0 Å². The van der Waals surface area contributed by atoms with Crippen molar-refractivity contribution in [1.82, 2.24) is 9.78 Å². The van der Waals surface area contributed by atoms with Crippen LogP contribution in [0, 0.1) is 13.8 Å². The van der Waals surface area contributed by atoms with Crippen molar-refractivity contribution in [2.45, 2.75) is 46.4 Å². The predicted octanol–water partition coefficient (Wildman–Crippen LogP) is 7.60. The Bertz CT molecular complexity index is 2010. The van der Waals surface area contributed by atoms with Crippen LogP contribution in [0.4, 0.5) is 35.2 Å². The third-order valence-corrected chi connectivity index (χ3v) is 9.24. The number of aliphatic imine (C=N–C) groups is 1. The molecule has 49 heavy (non-hydrogen) atoms. The number of nitrogens with one attached hydrogen (secondary N) is 1. The van der Waals surface area contributed by atoms with Crippen molar-refractivity contribution in [2.24, 2.45) is 12.0 Å². The molecule has 1 fully saturated rings. The van der Waals surface area contributed by atoms with Gasteiger partial charge in [-0.15, -0.1) is 13.2 Å². The molecular weight excluding hydrogens is 657 g/mol. The third-order valence-electron chi connectivity index (χ3n) is 8.31. The molecule has 2 aliphatic rings. The Kier molecular flexibility index (Phi) is 9.01. The maximum Gasteiger partial charge on any atom is 0.573 e. The summed E-state index contributed by atoms with van der Waals surface area (Å²) in [6, 6.07) is 16.1. The Morgan fingerprint density at radius 3 is 2.47 bits per heavy atom. The molecule has 6 rings (SSSR count). The molecule has 1 aromatic heterocycles. The molecule has 0 radical (unpaired) electrons. The molecule has 3 heterocycles. The van der Waals surface area contributed by atoms with Gasteiger partial charge in [0.05, 0.1) is 17.1 Å². The molecule has 1 saturated heterocycles. The van der Waals surface area contributed by atoms with Crippen LogP contribution in [0.5, 0.6) is 5.75 Å². The fourth-order valence-electron chi connectivity index (χ4n) is 6.10. The quantitative estimate of drug-likeness (QED) is 0.223. The van der Waals surface area contributed by atoms with E-state index in [9.17, 15) is 27.6 Å². The molecule has 14 heteroatoms. The number of hydrogen-bond donors (Lipinski definition) is 1. The number of carbonyl (C=O) groups is 3. The second-order valence-electron chi connectivity index (χ2n) is 12.1. The Labute approximate surface area is 284 Å². The lowest BCUT2D eigenvalue weighted by molar-refractivity contribution is -0.274. The van der Waals surface area contributed by atoms with Gasteiger partial charge in [-0.05, 0) is 79.3 Å². The zero-order valence-electron chi connectivity index (χ0n) is 27.4. The maximum absolute atomic E-state index is 13.5. The molecule has 3 aromatic carbocycles. The van der Waals surface area contributed by atoms with Crippen LogP contribution in [-0.2, 0) is 18.3 Å². The highest BCUT2D eigenvalue weighted by molar-refractivity contribution is 8.15. The lowest BCUT2D eigenvalue weighted by Crippen LogP contribution is -2.39. The monoisotopic (exact) mass is 690 g/mol. The van der Waals surface area contributed by atoms with E-state index in [1.54, 1.807) is 40.9 Å². The summed E-state index contributed by atoms with van der Waals surface area (Å²) in [6.07, 6.45) is -4.49. The van der Waals surface area contributed by atoms with Gasteiger partial charge in [0.1, 0.15) is 11.6 Å². The number of anilines is 3. The highest BCUT2D eigenvalue weighted by Crippen LogP contribution is 2.36. The summed E-state index contributed by atoms with van der Waals surface area (Å²) in [7, 11) is 1.72. The topological polar surface area (TPSA) is 109 Å². The number of amidine groups is 1. The molecule has 10 nitrogen and oxygen atoms in total. The van der Waals surface area contributed by atoms with Crippen LogP contribution < -0.4 is 19.9 Å². The van der Waals surface area contributed by atoms with Gasteiger partial charge in [-0.2, -0.15) is 10.1 Å². The molecule has 0 atom stereocenters. The number of nitrogens with zero attached hydrogens (tertiary/aromatic N) is 5. The first kappa shape index (κ1) is 33.8. The average molecular weight is 691 g/mol. The summed E-state index contributed by atoms with van der Waals surface area (Å²) in [5.41, 5.74) is 6.08. The predicted molar refractivity (Wildman–Crippen MR) is 184 cm³/mol. The van der Waals surface area contributed by atoms with Gasteiger partial charge >= 0.3 is 12.4 Å². The van der Waals surface area contributed by atoms with E-state index in [4.69, 9.17) is 0 Å². The van der Waals surface area contributed by atoms with E-state index in [1.807, 2.05) is 45.9 Å². The largest absolute Gasteiger partial charge is 0.573 e. The first-order chi connectivity index (χ1) is 23.2. The fourth-order valence-corrected chi connectivity index (χ4v) is 6.96. The van der Waals surface area contributed by atoms with Gasteiger partial charge in [-0.25, -0.2) is 4.79 Å². The summed E-state index contributed by atoms with van der Waals surface area (Å²) in [4.78, 5) is 46.7. The van der Waals surface area contributed by atoms with Crippen molar-refractivity contribution >= 4 is 52.0 Å². The highest BCUT2D eigenvalue weighted by atomic mass is 32.2. The maximum atomic E-state index is 13.5. The Morgan fingerprint density at radius 1 is 1.04 bits per heavy atom. The van der Waals surface area contributed by atoms with Gasteiger partial charge in [0, 0.05) is 36.0 Å². The second-order valence-corrected chi connectivity index (χ2v) is 13.1. The van der Waals surface area contributed by atoms with Gasteiger partial charge in [0.25, 0.3) is 5.91 Å². The number of carbonyl (C=O) groups excluding carboxylic acids is 3. The van der Waals surface area contributed by atoms with Crippen molar-refractivity contribution in [3.05, 3.63) is 88.5 Å². The van der Waals surface area contributed by atoms with Crippen LogP contribution in [-0.4, -0.2) is 51.5 Å². The number of thioether (sulfide) groups is 1. The number of fused-ring (bicyclic) bond motifs is 1. The molecule has 0 unspecified atom stereocenters. The Morgan fingerprint density at radius 2 is 1.78 bits per heavy atom. The van der Waals surface area contributed by atoms with Gasteiger partial charge in [-0.3, -0.25) is 24.1 Å². The van der Waals surface area contributed by atoms with Gasteiger partial charge in [0.15, 0.2) is 5.17 Å². The number of halogens is 3. The number of amides is 4. The van der Waals surface area contributed by atoms with Crippen LogP contribution in [0.3, 0.4) is 0 Å². The van der Waals surface area contributed by atoms with Gasteiger partial charge in [0.2, 0.25) is 5.91 Å². The normalized spacial score (nSPS) is 15.7. The van der Waals surface area contributed by atoms with E-state index < -0.39 is 12.4 Å². The smallest absolute Gasteiger partial charge is 0.406 e. The summed E-state index contributed by atoms with van der Waals surface area (Å²) < 4.78 is 43.7. The first-order valence-electron chi connectivity index (χ1n) is 15.5. The number of aryl methyl sites for hydroxylation is 2. The molecule has 1 N–H and O–H groups in total. The van der Waals surface area contributed by atoms with Gasteiger partial charge in [-0.1, -0.05) is 49.9 Å². The molecule has 0 aliphatic carbocycles. The molecular formula is C35H33F3N6O4S. The highest BCUT2D eigenvalue weighted by Gasteiger charge is 2.34. The molecule has 0 bridgehead atoms. The van der Waals surface area contributed by atoms with Crippen LogP contribution in [0.1, 0.15) is 52.4 Å². The van der Waals surface area contributed by atoms with E-state index >= 15 is 0 Å². The molecule has 0 saturated carbocycles. The minimum atomic E-state index is -4.82. The Balaban J connectivity index is 1.18. The van der Waals surface area contributed by atoms with Gasteiger partial charge < -0.3 is 10.1 Å². The van der Waals surface area contributed by atoms with Crippen LogP contribution >= 0.6 is 11.8 Å².